The van der Waals surface area contributed by atoms with E-state index in [1.54, 1.807) is 0 Å². The zero-order chi connectivity index (χ0) is 13.7. The molecule has 0 aliphatic heterocycles. The topological polar surface area (TPSA) is 87.5 Å². The molecule has 0 aliphatic rings. The first-order valence-corrected chi connectivity index (χ1v) is 6.03. The first kappa shape index (κ1) is 13.2. The number of aliphatic hydroxyl groups excluding tert-OH is 1. The monoisotopic (exact) mass is 264 g/mol. The molecule has 0 amide bonds. The first-order chi connectivity index (χ1) is 9.20. The number of anilines is 1. The van der Waals surface area contributed by atoms with Gasteiger partial charge in [-0.3, -0.25) is 4.98 Å². The van der Waals surface area contributed by atoms with E-state index >= 15 is 0 Å². The van der Waals surface area contributed by atoms with Crippen molar-refractivity contribution in [2.24, 2.45) is 0 Å². The highest BCUT2D eigenvalue weighted by Crippen LogP contribution is 2.24. The van der Waals surface area contributed by atoms with Crippen LogP contribution >= 0.6 is 0 Å². The van der Waals surface area contributed by atoms with E-state index in [-0.39, 0.29) is 12.3 Å². The summed E-state index contributed by atoms with van der Waals surface area (Å²) in [7, 11) is 0. The fraction of sp³-hybridized carbons (Fsp3) is 0.308. The molecular weight excluding hydrogens is 248 g/mol. The fourth-order valence-corrected chi connectivity index (χ4v) is 1.66. The van der Waals surface area contributed by atoms with Gasteiger partial charge in [0.15, 0.2) is 5.76 Å². The highest BCUT2D eigenvalue weighted by Gasteiger charge is 2.12. The molecule has 0 saturated carbocycles. The summed E-state index contributed by atoms with van der Waals surface area (Å²) in [6.45, 7) is 2.68. The Morgan fingerprint density at radius 3 is 2.95 bits per heavy atom. The van der Waals surface area contributed by atoms with Crippen molar-refractivity contribution < 1.29 is 14.3 Å². The molecule has 2 rings (SSSR count). The highest BCUT2D eigenvalue weighted by molar-refractivity contribution is 5.56. The summed E-state index contributed by atoms with van der Waals surface area (Å²) in [5, 5.41) is 12.9. The summed E-state index contributed by atoms with van der Waals surface area (Å²) in [6.07, 6.45) is 0.442. The van der Waals surface area contributed by atoms with Gasteiger partial charge in [-0.2, -0.15) is 0 Å². The van der Waals surface area contributed by atoms with Gasteiger partial charge < -0.3 is 19.6 Å². The van der Waals surface area contributed by atoms with Crippen molar-refractivity contribution in [3.05, 3.63) is 46.8 Å². The number of ether oxygens (including phenoxy) is 1. The first-order valence-electron chi connectivity index (χ1n) is 6.03. The van der Waals surface area contributed by atoms with Crippen LogP contribution in [0.15, 0.2) is 39.7 Å². The molecule has 1 heterocycles. The Morgan fingerprint density at radius 2 is 2.26 bits per heavy atom. The number of oxazole rings is 1. The third-order valence-corrected chi connectivity index (χ3v) is 2.54. The highest BCUT2D eigenvalue weighted by atomic mass is 16.5. The van der Waals surface area contributed by atoms with Crippen LogP contribution in [0, 0.1) is 0 Å². The van der Waals surface area contributed by atoms with E-state index in [2.05, 4.69) is 10.3 Å². The molecular formula is C13H16N2O4. The summed E-state index contributed by atoms with van der Waals surface area (Å²) >= 11 is 0. The Labute approximate surface area is 110 Å². The summed E-state index contributed by atoms with van der Waals surface area (Å²) in [5.74, 6) is 0.336. The predicted molar refractivity (Wildman–Crippen MR) is 70.4 cm³/mol. The third kappa shape index (κ3) is 3.38. The molecule has 0 aliphatic carbocycles. The standard InChI is InChI=1S/C13H16N2O4/c1-2-18-11-6-4-3-5-9(11)14-7-10(16)12-8-15-13(17)19-12/h3-6,8,10,14,16H,2,7H2,1H3,(H,15,17). The van der Waals surface area contributed by atoms with E-state index in [0.29, 0.717) is 12.4 Å². The summed E-state index contributed by atoms with van der Waals surface area (Å²) in [5.41, 5.74) is 0.779. The lowest BCUT2D eigenvalue weighted by molar-refractivity contribution is 0.160. The van der Waals surface area contributed by atoms with Crippen LogP contribution in [0.4, 0.5) is 5.69 Å². The molecule has 0 spiro atoms. The van der Waals surface area contributed by atoms with Crippen molar-refractivity contribution >= 4 is 5.69 Å². The quantitative estimate of drug-likeness (QED) is 0.736. The Hall–Kier alpha value is -2.21. The van der Waals surface area contributed by atoms with Crippen molar-refractivity contribution in [3.8, 4) is 5.75 Å². The van der Waals surface area contributed by atoms with Gasteiger partial charge in [-0.15, -0.1) is 0 Å². The molecule has 0 fully saturated rings. The molecule has 19 heavy (non-hydrogen) atoms. The van der Waals surface area contributed by atoms with E-state index in [1.807, 2.05) is 31.2 Å². The molecule has 1 aromatic heterocycles. The van der Waals surface area contributed by atoms with Gasteiger partial charge in [0.25, 0.3) is 0 Å². The lowest BCUT2D eigenvalue weighted by Crippen LogP contribution is -2.12. The van der Waals surface area contributed by atoms with Crippen LogP contribution in [0.25, 0.3) is 0 Å². The number of aromatic amines is 1. The second-order valence-electron chi connectivity index (χ2n) is 3.91. The Morgan fingerprint density at radius 1 is 1.47 bits per heavy atom. The van der Waals surface area contributed by atoms with E-state index in [4.69, 9.17) is 9.15 Å². The molecule has 2 aromatic rings. The molecule has 0 bridgehead atoms. The smallest absolute Gasteiger partial charge is 0.416 e. The second kappa shape index (κ2) is 6.10. The molecule has 102 valence electrons. The Balaban J connectivity index is 2.00. The van der Waals surface area contributed by atoms with E-state index in [9.17, 15) is 9.90 Å². The van der Waals surface area contributed by atoms with Crippen LogP contribution in [0.2, 0.25) is 0 Å². The van der Waals surface area contributed by atoms with Gasteiger partial charge in [-0.05, 0) is 19.1 Å². The maximum absolute atomic E-state index is 10.8. The summed E-state index contributed by atoms with van der Waals surface area (Å²) in [6, 6.07) is 7.44. The van der Waals surface area contributed by atoms with Crippen LogP contribution in [0.1, 0.15) is 18.8 Å². The fourth-order valence-electron chi connectivity index (χ4n) is 1.66. The Kier molecular flexibility index (Phi) is 4.25. The lowest BCUT2D eigenvalue weighted by Gasteiger charge is -2.14. The average Bonchev–Trinajstić information content (AvgIpc) is 2.84. The van der Waals surface area contributed by atoms with Crippen molar-refractivity contribution in [3.63, 3.8) is 0 Å². The van der Waals surface area contributed by atoms with Crippen LogP contribution < -0.4 is 15.8 Å². The number of nitrogens with one attached hydrogen (secondary N) is 2. The molecule has 1 aromatic carbocycles. The zero-order valence-electron chi connectivity index (χ0n) is 10.6. The molecule has 3 N–H and O–H groups in total. The van der Waals surface area contributed by atoms with Gasteiger partial charge in [0.05, 0.1) is 12.3 Å². The number of hydrogen-bond donors (Lipinski definition) is 3. The van der Waals surface area contributed by atoms with Crippen LogP contribution in [-0.4, -0.2) is 23.2 Å². The number of para-hydroxylation sites is 2. The number of benzene rings is 1. The third-order valence-electron chi connectivity index (χ3n) is 2.54. The SMILES string of the molecule is CCOc1ccccc1NCC(O)c1c[nH]c(=O)o1. The maximum atomic E-state index is 10.8. The van der Waals surface area contributed by atoms with Gasteiger partial charge in [0.1, 0.15) is 11.9 Å². The number of aromatic nitrogens is 1. The van der Waals surface area contributed by atoms with Gasteiger partial charge in [0, 0.05) is 12.7 Å². The predicted octanol–water partition coefficient (Wildman–Crippen LogP) is 1.51. The summed E-state index contributed by atoms with van der Waals surface area (Å²) < 4.78 is 10.2. The van der Waals surface area contributed by atoms with Crippen LogP contribution in [0.5, 0.6) is 5.75 Å². The normalized spacial score (nSPS) is 12.1. The van der Waals surface area contributed by atoms with E-state index in [0.717, 1.165) is 5.69 Å². The zero-order valence-corrected chi connectivity index (χ0v) is 10.6. The molecule has 0 saturated heterocycles. The molecule has 6 heteroatoms. The van der Waals surface area contributed by atoms with Gasteiger partial charge >= 0.3 is 5.76 Å². The summed E-state index contributed by atoms with van der Waals surface area (Å²) in [4.78, 5) is 13.2. The van der Waals surface area contributed by atoms with Gasteiger partial charge in [0.2, 0.25) is 0 Å². The lowest BCUT2D eigenvalue weighted by atomic mass is 10.2. The van der Waals surface area contributed by atoms with Gasteiger partial charge in [-0.25, -0.2) is 4.79 Å². The van der Waals surface area contributed by atoms with Crippen molar-refractivity contribution in [2.75, 3.05) is 18.5 Å². The molecule has 6 nitrogen and oxygen atoms in total. The van der Waals surface area contributed by atoms with Crippen LogP contribution in [0.3, 0.4) is 0 Å². The molecule has 0 radical (unpaired) electrons. The second-order valence-corrected chi connectivity index (χ2v) is 3.91. The number of aliphatic hydroxyl groups is 1. The number of rotatable bonds is 6. The maximum Gasteiger partial charge on any atom is 0.416 e. The van der Waals surface area contributed by atoms with E-state index in [1.165, 1.54) is 6.20 Å². The minimum atomic E-state index is -0.909. The van der Waals surface area contributed by atoms with Crippen molar-refractivity contribution in [2.45, 2.75) is 13.0 Å². The number of H-pyrrole nitrogens is 1. The van der Waals surface area contributed by atoms with Crippen molar-refractivity contribution in [1.82, 2.24) is 4.98 Å². The number of hydrogen-bond acceptors (Lipinski definition) is 5. The van der Waals surface area contributed by atoms with Crippen LogP contribution in [-0.2, 0) is 0 Å². The molecule has 1 atom stereocenters. The minimum Gasteiger partial charge on any atom is -0.492 e. The largest absolute Gasteiger partial charge is 0.492 e. The minimum absolute atomic E-state index is 0.200. The van der Waals surface area contributed by atoms with E-state index < -0.39 is 11.9 Å². The molecule has 1 unspecified atom stereocenters. The van der Waals surface area contributed by atoms with Gasteiger partial charge in [-0.1, -0.05) is 12.1 Å². The Bertz CT molecular complexity index is 576. The average molecular weight is 264 g/mol. The van der Waals surface area contributed by atoms with Crippen molar-refractivity contribution in [1.29, 1.82) is 0 Å².